The monoisotopic (exact) mass is 314 g/mol. The van der Waals surface area contributed by atoms with Gasteiger partial charge in [-0.15, -0.1) is 0 Å². The zero-order chi connectivity index (χ0) is 15.9. The minimum atomic E-state index is 0.599. The summed E-state index contributed by atoms with van der Waals surface area (Å²) in [5.41, 5.74) is 6.38. The molecule has 0 spiro atoms. The maximum absolute atomic E-state index is 6.02. The van der Waals surface area contributed by atoms with Crippen molar-refractivity contribution < 1.29 is 4.74 Å². The lowest BCUT2D eigenvalue weighted by Gasteiger charge is -2.11. The first-order chi connectivity index (χ1) is 11.9. The fourth-order valence-corrected chi connectivity index (χ4v) is 3.78. The number of aryl methyl sites for hydroxylation is 2. The molecule has 0 radical (unpaired) electrons. The van der Waals surface area contributed by atoms with E-state index in [1.54, 1.807) is 0 Å². The van der Waals surface area contributed by atoms with Gasteiger partial charge in [0.2, 0.25) is 0 Å². The number of aromatic nitrogens is 2. The van der Waals surface area contributed by atoms with Gasteiger partial charge in [0.1, 0.15) is 12.4 Å². The topological polar surface area (TPSA) is 26.5 Å². The Labute approximate surface area is 140 Å². The zero-order valence-corrected chi connectivity index (χ0v) is 13.4. The predicted octanol–water partition coefficient (Wildman–Crippen LogP) is 4.56. The van der Waals surface area contributed by atoms with E-state index >= 15 is 0 Å². The van der Waals surface area contributed by atoms with E-state index in [2.05, 4.69) is 45.9 Å². The van der Waals surface area contributed by atoms with Crippen molar-refractivity contribution in [1.29, 1.82) is 0 Å². The van der Waals surface area contributed by atoms with Gasteiger partial charge in [-0.1, -0.05) is 30.3 Å². The van der Waals surface area contributed by atoms with E-state index in [4.69, 9.17) is 4.74 Å². The smallest absolute Gasteiger partial charge is 0.120 e. The van der Waals surface area contributed by atoms with Gasteiger partial charge in [-0.2, -0.15) is 0 Å². The molecule has 4 aromatic rings. The molecule has 0 amide bonds. The van der Waals surface area contributed by atoms with Gasteiger partial charge >= 0.3 is 0 Å². The lowest BCUT2D eigenvalue weighted by Crippen LogP contribution is -2.03. The fourth-order valence-electron chi connectivity index (χ4n) is 3.78. The zero-order valence-electron chi connectivity index (χ0n) is 13.4. The van der Waals surface area contributed by atoms with E-state index in [1.807, 2.05) is 24.4 Å². The van der Waals surface area contributed by atoms with Crippen molar-refractivity contribution in [2.75, 3.05) is 0 Å². The third-order valence-electron chi connectivity index (χ3n) is 4.89. The van der Waals surface area contributed by atoms with Crippen LogP contribution >= 0.6 is 0 Å². The summed E-state index contributed by atoms with van der Waals surface area (Å²) in [6, 6.07) is 16.7. The molecule has 3 nitrogen and oxygen atoms in total. The average Bonchev–Trinajstić information content (AvgIpc) is 2.97. The number of hydrogen-bond acceptors (Lipinski definition) is 2. The normalized spacial score (nSPS) is 13.5. The van der Waals surface area contributed by atoms with Crippen molar-refractivity contribution in [3.05, 3.63) is 77.7 Å². The van der Waals surface area contributed by atoms with Gasteiger partial charge in [0.25, 0.3) is 0 Å². The Morgan fingerprint density at radius 2 is 1.96 bits per heavy atom. The largest absolute Gasteiger partial charge is 0.489 e. The molecule has 2 aromatic carbocycles. The van der Waals surface area contributed by atoms with Crippen LogP contribution in [0.1, 0.15) is 23.2 Å². The number of benzene rings is 2. The summed E-state index contributed by atoms with van der Waals surface area (Å²) in [6.07, 6.45) is 7.35. The van der Waals surface area contributed by atoms with Gasteiger partial charge in [0.05, 0.1) is 16.7 Å². The van der Waals surface area contributed by atoms with Crippen LogP contribution < -0.4 is 4.74 Å². The molecule has 5 rings (SSSR count). The van der Waals surface area contributed by atoms with E-state index in [1.165, 1.54) is 39.7 Å². The second kappa shape index (κ2) is 5.38. The molecule has 0 unspecified atom stereocenters. The quantitative estimate of drug-likeness (QED) is 0.554. The molecule has 24 heavy (non-hydrogen) atoms. The lowest BCUT2D eigenvalue weighted by atomic mass is 9.98. The maximum Gasteiger partial charge on any atom is 0.120 e. The Morgan fingerprint density at radius 1 is 1.04 bits per heavy atom. The lowest BCUT2D eigenvalue weighted by molar-refractivity contribution is 0.306. The van der Waals surface area contributed by atoms with Crippen molar-refractivity contribution in [1.82, 2.24) is 9.38 Å². The van der Waals surface area contributed by atoms with Crippen LogP contribution in [0.15, 0.2) is 60.9 Å². The van der Waals surface area contributed by atoms with E-state index in [0.717, 1.165) is 18.6 Å². The highest BCUT2D eigenvalue weighted by Gasteiger charge is 2.19. The molecular formula is C21H18N2O. The SMILES string of the molecule is c1ccc(COc2ccc3c(c2)c2c4c(nccn43)CCC2)cc1. The number of nitrogens with zero attached hydrogens (tertiary/aromatic N) is 2. The highest BCUT2D eigenvalue weighted by atomic mass is 16.5. The summed E-state index contributed by atoms with van der Waals surface area (Å²) >= 11 is 0. The molecule has 0 aliphatic heterocycles. The Balaban J connectivity index is 1.58. The third kappa shape index (κ3) is 2.08. The van der Waals surface area contributed by atoms with Gasteiger partial charge in [0, 0.05) is 17.8 Å². The molecule has 0 bridgehead atoms. The van der Waals surface area contributed by atoms with Crippen molar-refractivity contribution in [3.63, 3.8) is 0 Å². The number of hydrogen-bond donors (Lipinski definition) is 0. The first-order valence-electron chi connectivity index (χ1n) is 8.47. The molecule has 2 heterocycles. The van der Waals surface area contributed by atoms with Crippen molar-refractivity contribution in [2.24, 2.45) is 0 Å². The molecule has 2 aromatic heterocycles. The van der Waals surface area contributed by atoms with Crippen molar-refractivity contribution in [2.45, 2.75) is 25.9 Å². The Morgan fingerprint density at radius 3 is 2.88 bits per heavy atom. The molecule has 0 atom stereocenters. The number of ether oxygens (including phenoxy) is 1. The second-order valence-electron chi connectivity index (χ2n) is 6.38. The van der Waals surface area contributed by atoms with Crippen LogP contribution in [0.2, 0.25) is 0 Å². The van der Waals surface area contributed by atoms with Gasteiger partial charge < -0.3 is 9.14 Å². The van der Waals surface area contributed by atoms with E-state index in [9.17, 15) is 0 Å². The first-order valence-corrected chi connectivity index (χ1v) is 8.47. The van der Waals surface area contributed by atoms with Crippen LogP contribution in [-0.4, -0.2) is 9.38 Å². The molecule has 0 fully saturated rings. The van der Waals surface area contributed by atoms with Crippen LogP contribution in [0.5, 0.6) is 5.75 Å². The van der Waals surface area contributed by atoms with E-state index in [-0.39, 0.29) is 0 Å². The van der Waals surface area contributed by atoms with E-state index < -0.39 is 0 Å². The standard InChI is InChI=1S/C21H18N2O/c1-2-5-15(6-3-1)14-24-16-9-10-20-18(13-16)17-7-4-8-19-21(17)23(20)12-11-22-19/h1-3,5-6,9-13H,4,7-8,14H2. The molecular weight excluding hydrogens is 296 g/mol. The maximum atomic E-state index is 6.02. The molecule has 118 valence electrons. The molecule has 0 saturated carbocycles. The third-order valence-corrected chi connectivity index (χ3v) is 4.89. The minimum absolute atomic E-state index is 0.599. The van der Waals surface area contributed by atoms with Crippen LogP contribution in [0.4, 0.5) is 0 Å². The Bertz CT molecular complexity index is 1030. The average molecular weight is 314 g/mol. The molecule has 1 aliphatic carbocycles. The summed E-state index contributed by atoms with van der Waals surface area (Å²) in [6.45, 7) is 0.599. The van der Waals surface area contributed by atoms with Crippen LogP contribution in [-0.2, 0) is 19.4 Å². The summed E-state index contributed by atoms with van der Waals surface area (Å²) in [5, 5.41) is 1.30. The second-order valence-corrected chi connectivity index (χ2v) is 6.38. The Hall–Kier alpha value is -2.81. The molecule has 0 N–H and O–H groups in total. The number of fused-ring (bicyclic) bond motifs is 3. The van der Waals surface area contributed by atoms with E-state index in [0.29, 0.717) is 6.61 Å². The predicted molar refractivity (Wildman–Crippen MR) is 95.5 cm³/mol. The minimum Gasteiger partial charge on any atom is -0.489 e. The molecule has 0 saturated heterocycles. The molecule has 3 heteroatoms. The summed E-state index contributed by atoms with van der Waals surface area (Å²) in [5.74, 6) is 0.929. The van der Waals surface area contributed by atoms with Gasteiger partial charge in [-0.3, -0.25) is 4.98 Å². The van der Waals surface area contributed by atoms with Crippen molar-refractivity contribution >= 4 is 16.4 Å². The van der Waals surface area contributed by atoms with Gasteiger partial charge in [-0.25, -0.2) is 0 Å². The summed E-state index contributed by atoms with van der Waals surface area (Å²) in [4.78, 5) is 4.58. The highest BCUT2D eigenvalue weighted by molar-refractivity contribution is 5.94. The van der Waals surface area contributed by atoms with Crippen molar-refractivity contribution in [3.8, 4) is 5.75 Å². The van der Waals surface area contributed by atoms with Crippen LogP contribution in [0.3, 0.4) is 0 Å². The van der Waals surface area contributed by atoms with Crippen LogP contribution in [0, 0.1) is 0 Å². The summed E-state index contributed by atoms with van der Waals surface area (Å²) < 4.78 is 8.30. The van der Waals surface area contributed by atoms with Gasteiger partial charge in [0.15, 0.2) is 0 Å². The molecule has 1 aliphatic rings. The number of rotatable bonds is 3. The summed E-state index contributed by atoms with van der Waals surface area (Å²) in [7, 11) is 0. The van der Waals surface area contributed by atoms with Crippen LogP contribution in [0.25, 0.3) is 16.4 Å². The Kier molecular flexibility index (Phi) is 3.05. The fraction of sp³-hybridized carbons (Fsp3) is 0.190. The van der Waals surface area contributed by atoms with Gasteiger partial charge in [-0.05, 0) is 48.6 Å². The first kappa shape index (κ1) is 13.6. The highest BCUT2D eigenvalue weighted by Crippen LogP contribution is 2.35.